The molecule has 0 aliphatic carbocycles. The number of nitrogens with zero attached hydrogens (tertiary/aromatic N) is 2. The molecule has 0 spiro atoms. The minimum absolute atomic E-state index is 0.0700. The molecule has 4 rings (SSSR count). The lowest BCUT2D eigenvalue weighted by Gasteiger charge is -2.35. The second kappa shape index (κ2) is 10.5. The summed E-state index contributed by atoms with van der Waals surface area (Å²) in [5.74, 6) is 0.686. The van der Waals surface area contributed by atoms with Crippen LogP contribution in [0.25, 0.3) is 0 Å². The van der Waals surface area contributed by atoms with Crippen LogP contribution in [0.5, 0.6) is 0 Å². The highest BCUT2D eigenvalue weighted by Gasteiger charge is 2.24. The number of benzene rings is 2. The van der Waals surface area contributed by atoms with Gasteiger partial charge in [-0.2, -0.15) is 0 Å². The largest absolute Gasteiger partial charge is 0.374 e. The van der Waals surface area contributed by atoms with E-state index in [9.17, 15) is 8.42 Å². The summed E-state index contributed by atoms with van der Waals surface area (Å²) in [7, 11) is -3.59. The zero-order valence-corrected chi connectivity index (χ0v) is 20.1. The minimum Gasteiger partial charge on any atom is -0.374 e. The standard InChI is InChI=1S/C24H32ClN3O3S/c1-19-9-11-27(17-19)12-10-26-32(29,30)22-7-8-24(23(25)16-22)28-13-14-31-21(18-28)15-20-5-3-2-4-6-20/h2-8,16,19,21,26H,9-15,17-18H2,1H3. The van der Waals surface area contributed by atoms with Crippen molar-refractivity contribution in [3.8, 4) is 0 Å². The third-order valence-electron chi connectivity index (χ3n) is 6.24. The van der Waals surface area contributed by atoms with E-state index in [1.165, 1.54) is 12.0 Å². The number of anilines is 1. The van der Waals surface area contributed by atoms with Gasteiger partial charge >= 0.3 is 0 Å². The third kappa shape index (κ3) is 6.02. The summed E-state index contributed by atoms with van der Waals surface area (Å²) < 4.78 is 34.2. The van der Waals surface area contributed by atoms with Crippen molar-refractivity contribution in [2.45, 2.75) is 30.8 Å². The van der Waals surface area contributed by atoms with Crippen molar-refractivity contribution in [3.05, 3.63) is 59.1 Å². The molecule has 0 radical (unpaired) electrons. The number of halogens is 1. The van der Waals surface area contributed by atoms with Crippen LogP contribution in [-0.4, -0.2) is 65.3 Å². The molecule has 6 nitrogen and oxygen atoms in total. The Labute approximate surface area is 196 Å². The molecule has 0 aromatic heterocycles. The summed E-state index contributed by atoms with van der Waals surface area (Å²) in [5, 5.41) is 0.446. The molecule has 0 saturated carbocycles. The van der Waals surface area contributed by atoms with Gasteiger partial charge in [0.2, 0.25) is 10.0 Å². The lowest BCUT2D eigenvalue weighted by molar-refractivity contribution is 0.0411. The molecular weight excluding hydrogens is 446 g/mol. The number of hydrogen-bond donors (Lipinski definition) is 1. The summed E-state index contributed by atoms with van der Waals surface area (Å²) in [4.78, 5) is 4.68. The van der Waals surface area contributed by atoms with Crippen molar-refractivity contribution in [2.75, 3.05) is 50.8 Å². The molecule has 174 valence electrons. The van der Waals surface area contributed by atoms with Gasteiger partial charge in [0, 0.05) is 39.1 Å². The number of morpholine rings is 1. The fourth-order valence-corrected chi connectivity index (χ4v) is 5.91. The Morgan fingerprint density at radius 2 is 1.94 bits per heavy atom. The van der Waals surface area contributed by atoms with Crippen molar-refractivity contribution < 1.29 is 13.2 Å². The first-order chi connectivity index (χ1) is 15.4. The first-order valence-corrected chi connectivity index (χ1v) is 13.2. The molecule has 2 aliphatic heterocycles. The molecule has 2 atom stereocenters. The van der Waals surface area contributed by atoms with Gasteiger partial charge in [0.15, 0.2) is 0 Å². The van der Waals surface area contributed by atoms with Crippen LogP contribution in [0.3, 0.4) is 0 Å². The lowest BCUT2D eigenvalue weighted by Crippen LogP contribution is -2.43. The van der Waals surface area contributed by atoms with Crippen molar-refractivity contribution in [1.82, 2.24) is 9.62 Å². The molecule has 1 N–H and O–H groups in total. The van der Waals surface area contributed by atoms with Crippen molar-refractivity contribution >= 4 is 27.3 Å². The Hall–Kier alpha value is -1.64. The highest BCUT2D eigenvalue weighted by atomic mass is 35.5. The second-order valence-corrected chi connectivity index (χ2v) is 11.0. The third-order valence-corrected chi connectivity index (χ3v) is 8.00. The Bertz CT molecular complexity index is 1000. The van der Waals surface area contributed by atoms with Crippen LogP contribution in [0, 0.1) is 5.92 Å². The first-order valence-electron chi connectivity index (χ1n) is 11.3. The van der Waals surface area contributed by atoms with Crippen LogP contribution in [-0.2, 0) is 21.2 Å². The molecule has 32 heavy (non-hydrogen) atoms. The van der Waals surface area contributed by atoms with E-state index in [1.807, 2.05) is 24.3 Å². The monoisotopic (exact) mass is 477 g/mol. The van der Waals surface area contributed by atoms with Gasteiger partial charge < -0.3 is 14.5 Å². The van der Waals surface area contributed by atoms with E-state index in [-0.39, 0.29) is 11.0 Å². The van der Waals surface area contributed by atoms with Gasteiger partial charge in [-0.05, 0) is 42.6 Å². The number of sulfonamides is 1. The fourth-order valence-electron chi connectivity index (χ4n) is 4.50. The Morgan fingerprint density at radius 1 is 1.12 bits per heavy atom. The first kappa shape index (κ1) is 23.5. The molecular formula is C24H32ClN3O3S. The van der Waals surface area contributed by atoms with Crippen LogP contribution < -0.4 is 9.62 Å². The van der Waals surface area contributed by atoms with E-state index in [4.69, 9.17) is 16.3 Å². The average Bonchev–Trinajstić information content (AvgIpc) is 3.19. The smallest absolute Gasteiger partial charge is 0.240 e. The Kier molecular flexibility index (Phi) is 7.74. The summed E-state index contributed by atoms with van der Waals surface area (Å²) in [6.07, 6.45) is 2.08. The zero-order valence-electron chi connectivity index (χ0n) is 18.5. The topological polar surface area (TPSA) is 61.9 Å². The van der Waals surface area contributed by atoms with Crippen LogP contribution >= 0.6 is 11.6 Å². The molecule has 2 heterocycles. The van der Waals surface area contributed by atoms with E-state index in [0.717, 1.165) is 38.3 Å². The average molecular weight is 478 g/mol. The summed E-state index contributed by atoms with van der Waals surface area (Å²) >= 11 is 6.55. The maximum Gasteiger partial charge on any atom is 0.240 e. The molecule has 2 aromatic carbocycles. The molecule has 2 fully saturated rings. The Balaban J connectivity index is 1.36. The number of rotatable bonds is 8. The van der Waals surface area contributed by atoms with Gasteiger partial charge in [0.25, 0.3) is 0 Å². The van der Waals surface area contributed by atoms with E-state index in [2.05, 4.69) is 33.6 Å². The number of likely N-dealkylation sites (tertiary alicyclic amines) is 1. The van der Waals surface area contributed by atoms with Gasteiger partial charge in [-0.3, -0.25) is 0 Å². The highest BCUT2D eigenvalue weighted by molar-refractivity contribution is 7.89. The highest BCUT2D eigenvalue weighted by Crippen LogP contribution is 2.30. The van der Waals surface area contributed by atoms with E-state index >= 15 is 0 Å². The second-order valence-electron chi connectivity index (χ2n) is 8.83. The Morgan fingerprint density at radius 3 is 2.66 bits per heavy atom. The molecule has 2 unspecified atom stereocenters. The van der Waals surface area contributed by atoms with Crippen LogP contribution in [0.1, 0.15) is 18.9 Å². The summed E-state index contributed by atoms with van der Waals surface area (Å²) in [6, 6.07) is 15.3. The van der Waals surface area contributed by atoms with Gasteiger partial charge in [0.05, 0.1) is 28.3 Å². The molecule has 2 aromatic rings. The maximum atomic E-state index is 12.7. The van der Waals surface area contributed by atoms with Crippen LogP contribution in [0.15, 0.2) is 53.4 Å². The summed E-state index contributed by atoms with van der Waals surface area (Å²) in [5.41, 5.74) is 2.08. The van der Waals surface area contributed by atoms with Gasteiger partial charge in [-0.1, -0.05) is 48.9 Å². The fraction of sp³-hybridized carbons (Fsp3) is 0.500. The van der Waals surface area contributed by atoms with E-state index in [0.29, 0.717) is 30.6 Å². The quantitative estimate of drug-likeness (QED) is 0.631. The number of hydrogen-bond acceptors (Lipinski definition) is 5. The molecule has 0 amide bonds. The predicted octanol–water partition coefficient (Wildman–Crippen LogP) is 3.41. The van der Waals surface area contributed by atoms with Crippen LogP contribution in [0.2, 0.25) is 5.02 Å². The van der Waals surface area contributed by atoms with Gasteiger partial charge in [-0.15, -0.1) is 0 Å². The summed E-state index contributed by atoms with van der Waals surface area (Å²) in [6.45, 7) is 7.49. The number of ether oxygens (including phenoxy) is 1. The van der Waals surface area contributed by atoms with Gasteiger partial charge in [0.1, 0.15) is 0 Å². The normalized spacial score (nSPS) is 22.4. The van der Waals surface area contributed by atoms with E-state index in [1.54, 1.807) is 12.1 Å². The predicted molar refractivity (Wildman–Crippen MR) is 129 cm³/mol. The number of nitrogens with one attached hydrogen (secondary N) is 1. The zero-order chi connectivity index (χ0) is 22.6. The van der Waals surface area contributed by atoms with E-state index < -0.39 is 10.0 Å². The van der Waals surface area contributed by atoms with Crippen molar-refractivity contribution in [3.63, 3.8) is 0 Å². The van der Waals surface area contributed by atoms with Crippen molar-refractivity contribution in [2.24, 2.45) is 5.92 Å². The lowest BCUT2D eigenvalue weighted by atomic mass is 10.1. The molecule has 2 aliphatic rings. The van der Waals surface area contributed by atoms with Gasteiger partial charge in [-0.25, -0.2) is 13.1 Å². The maximum absolute atomic E-state index is 12.7. The molecule has 8 heteroatoms. The molecule has 0 bridgehead atoms. The van der Waals surface area contributed by atoms with Crippen LogP contribution in [0.4, 0.5) is 5.69 Å². The molecule has 2 saturated heterocycles. The van der Waals surface area contributed by atoms with Crippen molar-refractivity contribution in [1.29, 1.82) is 0 Å². The SMILES string of the molecule is CC1CCN(CCNS(=O)(=O)c2ccc(N3CCOC(Cc4ccccc4)C3)c(Cl)c2)C1. The minimum atomic E-state index is -3.59.